The molecule has 1 rings (SSSR count). The van der Waals surface area contributed by atoms with Crippen LogP contribution in [0.15, 0.2) is 0 Å². The van der Waals surface area contributed by atoms with Crippen molar-refractivity contribution in [3.05, 3.63) is 11.4 Å². The summed E-state index contributed by atoms with van der Waals surface area (Å²) in [5, 5.41) is 14.6. The summed E-state index contributed by atoms with van der Waals surface area (Å²) in [5.74, 6) is 1.15. The molecule has 3 N–H and O–H groups in total. The minimum absolute atomic E-state index is 0.436. The molecule has 2 unspecified atom stereocenters. The van der Waals surface area contributed by atoms with Crippen LogP contribution >= 0.6 is 11.8 Å². The molecule has 20 heavy (non-hydrogen) atoms. The summed E-state index contributed by atoms with van der Waals surface area (Å²) in [6.07, 6.45) is 2.82. The normalized spacial score (nSPS) is 14.8. The lowest BCUT2D eigenvalue weighted by atomic mass is 10.2. The third kappa shape index (κ3) is 4.68. The van der Waals surface area contributed by atoms with Gasteiger partial charge in [-0.25, -0.2) is 0 Å². The first kappa shape index (κ1) is 17.3. The van der Waals surface area contributed by atoms with E-state index in [9.17, 15) is 5.11 Å². The summed E-state index contributed by atoms with van der Waals surface area (Å²) in [6, 6.07) is 0.475. The lowest BCUT2D eigenvalue weighted by Crippen LogP contribution is -2.38. The second-order valence-corrected chi connectivity index (χ2v) is 6.48. The quantitative estimate of drug-likeness (QED) is 0.762. The molecule has 0 aliphatic carbocycles. The van der Waals surface area contributed by atoms with Gasteiger partial charge in [-0.1, -0.05) is 0 Å². The Morgan fingerprint density at radius 3 is 2.60 bits per heavy atom. The molecule has 0 fully saturated rings. The van der Waals surface area contributed by atoms with Crippen molar-refractivity contribution in [3.63, 3.8) is 0 Å². The average Bonchev–Trinajstić information content (AvgIpc) is 2.63. The van der Waals surface area contributed by atoms with Crippen LogP contribution < -0.4 is 5.73 Å². The van der Waals surface area contributed by atoms with Crippen molar-refractivity contribution in [2.45, 2.75) is 45.9 Å². The molecule has 6 heteroatoms. The number of hydrogen-bond donors (Lipinski definition) is 2. The molecule has 0 saturated carbocycles. The summed E-state index contributed by atoms with van der Waals surface area (Å²) < 4.78 is 1.80. The second kappa shape index (κ2) is 7.90. The largest absolute Gasteiger partial charge is 0.396 e. The highest BCUT2D eigenvalue weighted by molar-refractivity contribution is 7.98. The van der Waals surface area contributed by atoms with Gasteiger partial charge in [0.25, 0.3) is 0 Å². The molecule has 1 aromatic heterocycles. The van der Waals surface area contributed by atoms with Gasteiger partial charge in [-0.05, 0) is 46.2 Å². The van der Waals surface area contributed by atoms with E-state index < -0.39 is 6.10 Å². The lowest BCUT2D eigenvalue weighted by molar-refractivity contribution is 0.0899. The number of nitrogen functional groups attached to an aromatic ring is 1. The standard InChI is InChI=1S/C14H28N4OS/c1-10(6-7-20-5)17(4)8-13(19)9-18-12(3)14(15)11(2)16-18/h10,13,19H,6-9,15H2,1-5H3. The molecule has 5 nitrogen and oxygen atoms in total. The predicted octanol–water partition coefficient (Wildman–Crippen LogP) is 1.52. The van der Waals surface area contributed by atoms with Crippen LogP contribution in [0.3, 0.4) is 0 Å². The van der Waals surface area contributed by atoms with E-state index in [0.29, 0.717) is 19.1 Å². The summed E-state index contributed by atoms with van der Waals surface area (Å²) in [6.45, 7) is 7.16. The van der Waals surface area contributed by atoms with Crippen LogP contribution in [0.2, 0.25) is 0 Å². The number of aromatic nitrogens is 2. The number of rotatable bonds is 8. The number of thioether (sulfide) groups is 1. The number of aliphatic hydroxyl groups excluding tert-OH is 1. The Labute approximate surface area is 126 Å². The fourth-order valence-corrected chi connectivity index (χ4v) is 2.74. The summed E-state index contributed by atoms with van der Waals surface area (Å²) in [7, 11) is 2.06. The summed E-state index contributed by atoms with van der Waals surface area (Å²) in [4.78, 5) is 2.20. The van der Waals surface area contributed by atoms with Gasteiger partial charge in [0.05, 0.1) is 29.7 Å². The van der Waals surface area contributed by atoms with Gasteiger partial charge < -0.3 is 15.7 Å². The lowest BCUT2D eigenvalue weighted by Gasteiger charge is -2.27. The highest BCUT2D eigenvalue weighted by Crippen LogP contribution is 2.15. The number of aryl methyl sites for hydroxylation is 1. The van der Waals surface area contributed by atoms with Crippen LogP contribution in [0.5, 0.6) is 0 Å². The zero-order chi connectivity index (χ0) is 15.3. The highest BCUT2D eigenvalue weighted by atomic mass is 32.2. The molecular weight excluding hydrogens is 272 g/mol. The third-order valence-corrected chi connectivity index (χ3v) is 4.46. The Hall–Kier alpha value is -0.720. The van der Waals surface area contributed by atoms with Crippen molar-refractivity contribution in [3.8, 4) is 0 Å². The Balaban J connectivity index is 2.50. The molecule has 1 heterocycles. The molecule has 2 atom stereocenters. The minimum Gasteiger partial charge on any atom is -0.396 e. The number of aliphatic hydroxyl groups is 1. The second-order valence-electron chi connectivity index (χ2n) is 5.49. The smallest absolute Gasteiger partial charge is 0.0862 e. The van der Waals surface area contributed by atoms with Crippen LogP contribution in [-0.2, 0) is 6.54 Å². The molecule has 0 amide bonds. The maximum absolute atomic E-state index is 10.2. The number of anilines is 1. The first-order chi connectivity index (χ1) is 9.36. The van der Waals surface area contributed by atoms with E-state index >= 15 is 0 Å². The van der Waals surface area contributed by atoms with Crippen LogP contribution in [0, 0.1) is 13.8 Å². The fraction of sp³-hybridized carbons (Fsp3) is 0.786. The van der Waals surface area contributed by atoms with E-state index in [0.717, 1.165) is 29.2 Å². The van der Waals surface area contributed by atoms with Crippen LogP contribution in [-0.4, -0.2) is 57.5 Å². The zero-order valence-corrected chi connectivity index (χ0v) is 14.1. The van der Waals surface area contributed by atoms with E-state index in [1.165, 1.54) is 0 Å². The minimum atomic E-state index is -0.436. The summed E-state index contributed by atoms with van der Waals surface area (Å²) in [5.41, 5.74) is 8.39. The van der Waals surface area contributed by atoms with Crippen LogP contribution in [0.1, 0.15) is 24.7 Å². The highest BCUT2D eigenvalue weighted by Gasteiger charge is 2.16. The van der Waals surface area contributed by atoms with Gasteiger partial charge in [-0.2, -0.15) is 16.9 Å². The molecule has 0 radical (unpaired) electrons. The van der Waals surface area contributed by atoms with Gasteiger partial charge in [-0.3, -0.25) is 4.68 Å². The molecule has 0 aromatic carbocycles. The summed E-state index contributed by atoms with van der Waals surface area (Å²) >= 11 is 1.86. The monoisotopic (exact) mass is 300 g/mol. The predicted molar refractivity (Wildman–Crippen MR) is 87.2 cm³/mol. The Bertz CT molecular complexity index is 422. The molecule has 0 aliphatic rings. The topological polar surface area (TPSA) is 67.3 Å². The van der Waals surface area contributed by atoms with Gasteiger partial charge in [0.2, 0.25) is 0 Å². The van der Waals surface area contributed by atoms with Crippen molar-refractivity contribution < 1.29 is 5.11 Å². The van der Waals surface area contributed by atoms with Gasteiger partial charge in [0.15, 0.2) is 0 Å². The molecule has 116 valence electrons. The SMILES string of the molecule is CSCCC(C)N(C)CC(O)Cn1nc(C)c(N)c1C. The van der Waals surface area contributed by atoms with E-state index in [-0.39, 0.29) is 0 Å². The molecule has 1 aromatic rings. The van der Waals surface area contributed by atoms with Gasteiger partial charge in [0, 0.05) is 12.6 Å². The van der Waals surface area contributed by atoms with Crippen molar-refractivity contribution >= 4 is 17.4 Å². The van der Waals surface area contributed by atoms with Crippen LogP contribution in [0.4, 0.5) is 5.69 Å². The first-order valence-corrected chi connectivity index (χ1v) is 8.42. The number of likely N-dealkylation sites (N-methyl/N-ethyl adjacent to an activating group) is 1. The van der Waals surface area contributed by atoms with E-state index in [1.54, 1.807) is 4.68 Å². The van der Waals surface area contributed by atoms with Crippen molar-refractivity contribution in [2.24, 2.45) is 0 Å². The van der Waals surface area contributed by atoms with Gasteiger partial charge in [0.1, 0.15) is 0 Å². The molecular formula is C14H28N4OS. The molecule has 0 saturated heterocycles. The maximum Gasteiger partial charge on any atom is 0.0862 e. The average molecular weight is 300 g/mol. The van der Waals surface area contributed by atoms with E-state index in [2.05, 4.69) is 30.2 Å². The maximum atomic E-state index is 10.2. The van der Waals surface area contributed by atoms with Crippen LogP contribution in [0.25, 0.3) is 0 Å². The van der Waals surface area contributed by atoms with E-state index in [1.807, 2.05) is 25.6 Å². The van der Waals surface area contributed by atoms with Gasteiger partial charge in [-0.15, -0.1) is 0 Å². The van der Waals surface area contributed by atoms with Crippen molar-refractivity contribution in [1.82, 2.24) is 14.7 Å². The third-order valence-electron chi connectivity index (χ3n) is 3.81. The Morgan fingerprint density at radius 1 is 1.45 bits per heavy atom. The Morgan fingerprint density at radius 2 is 2.10 bits per heavy atom. The van der Waals surface area contributed by atoms with Crippen molar-refractivity contribution in [1.29, 1.82) is 0 Å². The first-order valence-electron chi connectivity index (χ1n) is 7.03. The Kier molecular flexibility index (Phi) is 6.85. The fourth-order valence-electron chi connectivity index (χ4n) is 2.17. The van der Waals surface area contributed by atoms with Crippen molar-refractivity contribution in [2.75, 3.05) is 31.3 Å². The zero-order valence-electron chi connectivity index (χ0n) is 13.3. The molecule has 0 bridgehead atoms. The number of nitrogens with two attached hydrogens (primary N) is 1. The van der Waals surface area contributed by atoms with E-state index in [4.69, 9.17) is 5.73 Å². The molecule has 0 aliphatic heterocycles. The number of hydrogen-bond acceptors (Lipinski definition) is 5. The van der Waals surface area contributed by atoms with Gasteiger partial charge >= 0.3 is 0 Å². The molecule has 0 spiro atoms. The number of nitrogens with zero attached hydrogens (tertiary/aromatic N) is 3.